The van der Waals surface area contributed by atoms with Gasteiger partial charge in [0.15, 0.2) is 5.65 Å². The van der Waals surface area contributed by atoms with Crippen molar-refractivity contribution in [3.05, 3.63) is 100 Å². The van der Waals surface area contributed by atoms with Crippen molar-refractivity contribution in [1.29, 1.82) is 5.26 Å². The summed E-state index contributed by atoms with van der Waals surface area (Å²) in [4.78, 5) is 9.49. The minimum atomic E-state index is -4.40. The smallest absolute Gasteiger partial charge is 0.308 e. The molecule has 0 aliphatic carbocycles. The lowest BCUT2D eigenvalue weighted by Gasteiger charge is -2.12. The Morgan fingerprint density at radius 2 is 1.62 bits per heavy atom. The number of alkyl halides is 3. The largest absolute Gasteiger partial charge is 0.416 e. The van der Waals surface area contributed by atoms with E-state index < -0.39 is 11.7 Å². The first kappa shape index (κ1) is 23.2. The Balaban J connectivity index is 1.65. The number of nitrogens with zero attached hydrogens (tertiary/aromatic N) is 4. The van der Waals surface area contributed by atoms with Crippen molar-refractivity contribution in [2.24, 2.45) is 0 Å². The average molecular weight is 461 g/mol. The first-order chi connectivity index (χ1) is 16.2. The number of nitriles is 1. The Morgan fingerprint density at radius 1 is 1.00 bits per heavy atom. The van der Waals surface area contributed by atoms with E-state index in [0.717, 1.165) is 57.9 Å². The van der Waals surface area contributed by atoms with Crippen molar-refractivity contribution in [2.45, 2.75) is 39.9 Å². The van der Waals surface area contributed by atoms with Crippen LogP contribution in [0.5, 0.6) is 0 Å². The highest BCUT2D eigenvalue weighted by Crippen LogP contribution is 2.31. The van der Waals surface area contributed by atoms with Crippen molar-refractivity contribution in [1.82, 2.24) is 14.5 Å². The molecule has 0 bridgehead atoms. The van der Waals surface area contributed by atoms with Gasteiger partial charge in [-0.1, -0.05) is 43.3 Å². The first-order valence-corrected chi connectivity index (χ1v) is 10.9. The van der Waals surface area contributed by atoms with Crippen molar-refractivity contribution < 1.29 is 13.2 Å². The summed E-state index contributed by atoms with van der Waals surface area (Å²) in [6, 6.07) is 16.5. The fraction of sp³-hybridized carbons (Fsp3) is 0.222. The van der Waals surface area contributed by atoms with Crippen LogP contribution in [0.15, 0.2) is 60.7 Å². The molecule has 0 aliphatic heterocycles. The highest BCUT2D eigenvalue weighted by molar-refractivity contribution is 5.81. The summed E-state index contributed by atoms with van der Waals surface area (Å²) in [5.74, 6) is 0.954. The molecule has 0 fully saturated rings. The SMILES string of the molecule is CCc1nc2c(C)cc(C)nc2n1Cc1ccc(/C(=C/C#N)c2ccc(C(F)(F)F)cc2)cc1. The lowest BCUT2D eigenvalue weighted by atomic mass is 9.96. The second kappa shape index (κ2) is 9.14. The third kappa shape index (κ3) is 4.58. The van der Waals surface area contributed by atoms with Crippen LogP contribution in [0.1, 0.15) is 46.3 Å². The van der Waals surface area contributed by atoms with E-state index in [4.69, 9.17) is 9.97 Å². The maximum atomic E-state index is 12.9. The van der Waals surface area contributed by atoms with Crippen LogP contribution in [-0.2, 0) is 19.1 Å². The van der Waals surface area contributed by atoms with Gasteiger partial charge in [0.2, 0.25) is 0 Å². The monoisotopic (exact) mass is 460 g/mol. The Hall–Kier alpha value is -3.92. The van der Waals surface area contributed by atoms with E-state index in [1.165, 1.54) is 18.2 Å². The van der Waals surface area contributed by atoms with Gasteiger partial charge in [-0.15, -0.1) is 0 Å². The van der Waals surface area contributed by atoms with Crippen LogP contribution in [0.4, 0.5) is 13.2 Å². The molecule has 0 amide bonds. The van der Waals surface area contributed by atoms with Gasteiger partial charge in [0, 0.05) is 18.2 Å². The molecule has 0 saturated heterocycles. The Kier molecular flexibility index (Phi) is 6.25. The fourth-order valence-corrected chi connectivity index (χ4v) is 4.09. The van der Waals surface area contributed by atoms with Gasteiger partial charge in [0.1, 0.15) is 11.3 Å². The van der Waals surface area contributed by atoms with E-state index in [-0.39, 0.29) is 0 Å². The maximum Gasteiger partial charge on any atom is 0.416 e. The van der Waals surface area contributed by atoms with E-state index in [0.29, 0.717) is 17.7 Å². The van der Waals surface area contributed by atoms with Crippen molar-refractivity contribution in [3.63, 3.8) is 0 Å². The molecule has 34 heavy (non-hydrogen) atoms. The van der Waals surface area contributed by atoms with Crippen LogP contribution in [0.2, 0.25) is 0 Å². The van der Waals surface area contributed by atoms with E-state index in [2.05, 4.69) is 11.5 Å². The molecule has 0 N–H and O–H groups in total. The number of halogens is 3. The molecule has 4 nitrogen and oxygen atoms in total. The van der Waals surface area contributed by atoms with Crippen LogP contribution in [0.3, 0.4) is 0 Å². The van der Waals surface area contributed by atoms with Crippen LogP contribution >= 0.6 is 0 Å². The minimum Gasteiger partial charge on any atom is -0.308 e. The summed E-state index contributed by atoms with van der Waals surface area (Å²) < 4.78 is 40.8. The molecule has 4 aromatic rings. The number of pyridine rings is 1. The third-order valence-corrected chi connectivity index (χ3v) is 5.76. The summed E-state index contributed by atoms with van der Waals surface area (Å²) in [7, 11) is 0. The van der Waals surface area contributed by atoms with Crippen molar-refractivity contribution in [2.75, 3.05) is 0 Å². The fourth-order valence-electron chi connectivity index (χ4n) is 4.09. The van der Waals surface area contributed by atoms with Gasteiger partial charge in [0.05, 0.1) is 18.2 Å². The number of rotatable bonds is 5. The standard InChI is InChI=1S/C27H23F3N4/c1-4-24-33-25-17(2)15-18(3)32-26(25)34(24)16-19-5-7-20(8-6-19)23(13-14-31)21-9-11-22(12-10-21)27(28,29)30/h5-13,15H,4,16H2,1-3H3/b23-13-. The lowest BCUT2D eigenvalue weighted by Crippen LogP contribution is -2.06. The Morgan fingerprint density at radius 3 is 2.18 bits per heavy atom. The number of fused-ring (bicyclic) bond motifs is 1. The van der Waals surface area contributed by atoms with Gasteiger partial charge in [-0.3, -0.25) is 0 Å². The molecule has 0 saturated carbocycles. The summed E-state index contributed by atoms with van der Waals surface area (Å²) >= 11 is 0. The van der Waals surface area contributed by atoms with Crippen LogP contribution in [-0.4, -0.2) is 14.5 Å². The Labute approximate surface area is 196 Å². The molecule has 2 heterocycles. The zero-order chi connectivity index (χ0) is 24.5. The molecule has 2 aromatic heterocycles. The highest BCUT2D eigenvalue weighted by Gasteiger charge is 2.30. The van der Waals surface area contributed by atoms with E-state index in [1.807, 2.05) is 50.2 Å². The number of imidazole rings is 1. The quantitative estimate of drug-likeness (QED) is 0.314. The zero-order valence-corrected chi connectivity index (χ0v) is 19.1. The van der Waals surface area contributed by atoms with Crippen LogP contribution in [0.25, 0.3) is 16.7 Å². The number of hydrogen-bond acceptors (Lipinski definition) is 3. The molecule has 0 aliphatic rings. The summed E-state index contributed by atoms with van der Waals surface area (Å²) in [6.45, 7) is 6.65. The number of aromatic nitrogens is 3. The van der Waals surface area contributed by atoms with Gasteiger partial charge >= 0.3 is 6.18 Å². The van der Waals surface area contributed by atoms with Crippen LogP contribution in [0, 0.1) is 25.2 Å². The summed E-state index contributed by atoms with van der Waals surface area (Å²) in [6.07, 6.45) is -2.28. The maximum absolute atomic E-state index is 12.9. The van der Waals surface area contributed by atoms with E-state index >= 15 is 0 Å². The normalized spacial score (nSPS) is 12.2. The summed E-state index contributed by atoms with van der Waals surface area (Å²) in [5, 5.41) is 9.25. The van der Waals surface area contributed by atoms with Crippen molar-refractivity contribution in [3.8, 4) is 6.07 Å². The zero-order valence-electron chi connectivity index (χ0n) is 19.1. The number of benzene rings is 2. The molecule has 0 spiro atoms. The first-order valence-electron chi connectivity index (χ1n) is 10.9. The van der Waals surface area contributed by atoms with Gasteiger partial charge < -0.3 is 4.57 Å². The number of hydrogen-bond donors (Lipinski definition) is 0. The molecule has 0 atom stereocenters. The van der Waals surface area contributed by atoms with Gasteiger partial charge in [-0.05, 0) is 59.9 Å². The minimum absolute atomic E-state index is 0.548. The van der Waals surface area contributed by atoms with Crippen LogP contribution < -0.4 is 0 Å². The number of aryl methyl sites for hydroxylation is 3. The molecule has 172 valence electrons. The predicted octanol–water partition coefficient (Wildman–Crippen LogP) is 6.63. The van der Waals surface area contributed by atoms with Gasteiger partial charge in [0.25, 0.3) is 0 Å². The van der Waals surface area contributed by atoms with E-state index in [1.54, 1.807) is 0 Å². The molecular weight excluding hydrogens is 437 g/mol. The Bertz CT molecular complexity index is 1400. The van der Waals surface area contributed by atoms with E-state index in [9.17, 15) is 18.4 Å². The summed E-state index contributed by atoms with van der Waals surface area (Å²) in [5.41, 5.74) is 5.96. The van der Waals surface area contributed by atoms with Gasteiger partial charge in [-0.2, -0.15) is 18.4 Å². The molecule has 7 heteroatoms. The molecule has 4 rings (SSSR count). The topological polar surface area (TPSA) is 54.5 Å². The molecular formula is C27H23F3N4. The molecule has 0 radical (unpaired) electrons. The number of allylic oxidation sites excluding steroid dienone is 1. The van der Waals surface area contributed by atoms with Crippen molar-refractivity contribution >= 4 is 16.7 Å². The third-order valence-electron chi connectivity index (χ3n) is 5.76. The second-order valence-electron chi connectivity index (χ2n) is 8.18. The second-order valence-corrected chi connectivity index (χ2v) is 8.18. The molecule has 0 unspecified atom stereocenters. The average Bonchev–Trinajstić information content (AvgIpc) is 3.15. The lowest BCUT2D eigenvalue weighted by molar-refractivity contribution is -0.137. The van der Waals surface area contributed by atoms with Gasteiger partial charge in [-0.25, -0.2) is 9.97 Å². The highest BCUT2D eigenvalue weighted by atomic mass is 19.4. The predicted molar refractivity (Wildman–Crippen MR) is 126 cm³/mol. The molecule has 2 aromatic carbocycles.